The number of amides is 1. The van der Waals surface area contributed by atoms with Crippen molar-refractivity contribution in [2.45, 2.75) is 31.4 Å². The van der Waals surface area contributed by atoms with Crippen molar-refractivity contribution in [2.75, 3.05) is 20.2 Å². The highest BCUT2D eigenvalue weighted by Crippen LogP contribution is 2.51. The molecular weight excluding hydrogens is 372 g/mol. The lowest BCUT2D eigenvalue weighted by Gasteiger charge is -2.55. The fraction of sp³-hybridized carbons (Fsp3) is 0.435. The Bertz CT molecular complexity index is 797. The molecule has 1 aliphatic carbocycles. The van der Waals surface area contributed by atoms with Crippen LogP contribution >= 0.6 is 12.4 Å². The first-order chi connectivity index (χ1) is 13.1. The molecule has 150 valence electrons. The minimum absolute atomic E-state index is 0. The predicted octanol–water partition coefficient (Wildman–Crippen LogP) is 3.98. The van der Waals surface area contributed by atoms with Crippen LogP contribution in [0, 0.1) is 11.8 Å². The molecule has 1 aliphatic heterocycles. The number of nitrogens with zero attached hydrogens (tertiary/aromatic N) is 1. The Morgan fingerprint density at radius 1 is 1.11 bits per heavy atom. The molecule has 2 fully saturated rings. The molecule has 0 unspecified atom stereocenters. The maximum absolute atomic E-state index is 11.7. The molecule has 0 radical (unpaired) electrons. The Labute approximate surface area is 173 Å². The average Bonchev–Trinajstić information content (AvgIpc) is 2.68. The fourth-order valence-electron chi connectivity index (χ4n) is 5.33. The summed E-state index contributed by atoms with van der Waals surface area (Å²) in [6.45, 7) is 3.01. The van der Waals surface area contributed by atoms with Gasteiger partial charge in [0.15, 0.2) is 0 Å². The molecule has 1 amide bonds. The van der Waals surface area contributed by atoms with Crippen LogP contribution in [-0.2, 0) is 16.9 Å². The number of likely N-dealkylation sites (tertiary alicyclic amines) is 1. The van der Waals surface area contributed by atoms with E-state index in [0.29, 0.717) is 17.4 Å². The molecule has 1 saturated carbocycles. The van der Waals surface area contributed by atoms with Crippen LogP contribution in [0.15, 0.2) is 54.6 Å². The number of benzene rings is 2. The molecule has 2 bridgehead atoms. The van der Waals surface area contributed by atoms with Gasteiger partial charge < -0.3 is 10.5 Å². The van der Waals surface area contributed by atoms with Crippen LogP contribution in [-0.4, -0.2) is 31.0 Å². The van der Waals surface area contributed by atoms with Crippen molar-refractivity contribution < 1.29 is 9.53 Å². The van der Waals surface area contributed by atoms with Crippen LogP contribution in [0.1, 0.15) is 40.7 Å². The van der Waals surface area contributed by atoms with Crippen LogP contribution in [0.3, 0.4) is 0 Å². The molecule has 3 atom stereocenters. The van der Waals surface area contributed by atoms with E-state index in [0.717, 1.165) is 38.0 Å². The van der Waals surface area contributed by atoms with Crippen LogP contribution in [0.2, 0.25) is 0 Å². The number of hydrogen-bond acceptors (Lipinski definition) is 3. The quantitative estimate of drug-likeness (QED) is 0.825. The van der Waals surface area contributed by atoms with Gasteiger partial charge in [-0.25, -0.2) is 0 Å². The van der Waals surface area contributed by atoms with Crippen molar-refractivity contribution >= 4 is 18.3 Å². The summed E-state index contributed by atoms with van der Waals surface area (Å²) in [7, 11) is 1.83. The second kappa shape index (κ2) is 8.64. The Morgan fingerprint density at radius 2 is 1.79 bits per heavy atom. The van der Waals surface area contributed by atoms with E-state index in [9.17, 15) is 4.79 Å². The summed E-state index contributed by atoms with van der Waals surface area (Å²) in [5.41, 5.74) is 8.24. The van der Waals surface area contributed by atoms with Gasteiger partial charge in [-0.3, -0.25) is 9.69 Å². The Kier molecular flexibility index (Phi) is 6.43. The van der Waals surface area contributed by atoms with Gasteiger partial charge in [0.25, 0.3) is 0 Å². The first kappa shape index (κ1) is 20.8. The topological polar surface area (TPSA) is 55.6 Å². The summed E-state index contributed by atoms with van der Waals surface area (Å²) >= 11 is 0. The van der Waals surface area contributed by atoms with Gasteiger partial charge in [-0.05, 0) is 36.1 Å². The molecule has 1 heterocycles. The van der Waals surface area contributed by atoms with E-state index in [-0.39, 0.29) is 23.9 Å². The maximum atomic E-state index is 11.7. The van der Waals surface area contributed by atoms with Gasteiger partial charge in [0.05, 0.1) is 0 Å². The third-order valence-corrected chi connectivity index (χ3v) is 6.46. The summed E-state index contributed by atoms with van der Waals surface area (Å²) in [6, 6.07) is 18.4. The Morgan fingerprint density at radius 3 is 2.39 bits per heavy atom. The number of nitrogens with two attached hydrogens (primary N) is 1. The summed E-state index contributed by atoms with van der Waals surface area (Å²) in [5, 5.41) is 0. The second-order valence-electron chi connectivity index (χ2n) is 7.95. The molecule has 4 nitrogen and oxygen atoms in total. The van der Waals surface area contributed by atoms with Gasteiger partial charge in [0, 0.05) is 44.1 Å². The van der Waals surface area contributed by atoms with Gasteiger partial charge in [0.2, 0.25) is 5.91 Å². The van der Waals surface area contributed by atoms with Crippen molar-refractivity contribution in [2.24, 2.45) is 17.6 Å². The van der Waals surface area contributed by atoms with Crippen molar-refractivity contribution in [3.8, 4) is 0 Å². The van der Waals surface area contributed by atoms with Crippen molar-refractivity contribution in [1.82, 2.24) is 4.90 Å². The van der Waals surface area contributed by atoms with Gasteiger partial charge >= 0.3 is 0 Å². The first-order valence-electron chi connectivity index (χ1n) is 9.85. The number of rotatable bonds is 5. The lowest BCUT2D eigenvalue weighted by atomic mass is 9.62. The minimum Gasteiger partial charge on any atom is -0.373 e. The van der Waals surface area contributed by atoms with E-state index >= 15 is 0 Å². The fourth-order valence-corrected chi connectivity index (χ4v) is 5.33. The van der Waals surface area contributed by atoms with Crippen LogP contribution in [0.25, 0.3) is 0 Å². The molecule has 2 aliphatic rings. The third kappa shape index (κ3) is 3.69. The molecular formula is C23H29ClN2O2. The number of hydrogen-bond donors (Lipinski definition) is 1. The molecule has 2 aromatic rings. The molecule has 1 saturated heterocycles. The number of primary amides is 1. The highest BCUT2D eigenvalue weighted by atomic mass is 35.5. The van der Waals surface area contributed by atoms with Gasteiger partial charge in [0.1, 0.15) is 5.60 Å². The summed E-state index contributed by atoms with van der Waals surface area (Å²) in [4.78, 5) is 14.3. The molecule has 0 aromatic heterocycles. The summed E-state index contributed by atoms with van der Waals surface area (Å²) in [5.74, 6) is 0.457. The zero-order chi connectivity index (χ0) is 18.9. The van der Waals surface area contributed by atoms with Gasteiger partial charge in [-0.15, -0.1) is 12.4 Å². The Hall–Kier alpha value is -1.88. The van der Waals surface area contributed by atoms with Gasteiger partial charge in [-0.2, -0.15) is 0 Å². The van der Waals surface area contributed by atoms with Crippen molar-refractivity contribution in [3.05, 3.63) is 71.3 Å². The van der Waals surface area contributed by atoms with E-state index in [1.807, 2.05) is 19.2 Å². The van der Waals surface area contributed by atoms with Crippen molar-refractivity contribution in [1.29, 1.82) is 0 Å². The second-order valence-corrected chi connectivity index (χ2v) is 7.95. The number of piperidine rings is 1. The zero-order valence-corrected chi connectivity index (χ0v) is 17.2. The van der Waals surface area contributed by atoms with Crippen molar-refractivity contribution in [3.63, 3.8) is 0 Å². The average molecular weight is 401 g/mol. The standard InChI is InChI=1S/C23H28N2O2.ClH/c1-27-23(19-10-5-9-18(13-19)22(24)26)20-11-6-12-21(23)16-25(15-20)14-17-7-3-2-4-8-17;/h2-5,7-10,13,20-21H,6,11-12,14-16H2,1H3,(H2,24,26);1H/t20-,21+,23+;. The van der Waals surface area contributed by atoms with Gasteiger partial charge in [-0.1, -0.05) is 48.9 Å². The SMILES string of the molecule is CO[C@@]1(c2cccc(C(N)=O)c2)[C@@H]2CCC[C@H]1CN(Cc1ccccc1)C2.Cl. The van der Waals surface area contributed by atoms with Crippen LogP contribution in [0.5, 0.6) is 0 Å². The summed E-state index contributed by atoms with van der Waals surface area (Å²) < 4.78 is 6.29. The summed E-state index contributed by atoms with van der Waals surface area (Å²) in [6.07, 6.45) is 3.54. The van der Waals surface area contributed by atoms with E-state index in [2.05, 4.69) is 41.3 Å². The first-order valence-corrected chi connectivity index (χ1v) is 9.85. The van der Waals surface area contributed by atoms with E-state index < -0.39 is 0 Å². The minimum atomic E-state index is -0.380. The maximum Gasteiger partial charge on any atom is 0.248 e. The molecule has 2 aromatic carbocycles. The Balaban J connectivity index is 0.00000225. The predicted molar refractivity (Wildman–Crippen MR) is 113 cm³/mol. The van der Waals surface area contributed by atoms with Crippen LogP contribution in [0.4, 0.5) is 0 Å². The molecule has 5 heteroatoms. The molecule has 28 heavy (non-hydrogen) atoms. The van der Waals surface area contributed by atoms with Crippen LogP contribution < -0.4 is 5.73 Å². The number of carbonyl (C=O) groups excluding carboxylic acids is 1. The van der Waals surface area contributed by atoms with E-state index in [1.54, 1.807) is 6.07 Å². The highest BCUT2D eigenvalue weighted by molar-refractivity contribution is 5.92. The molecule has 0 spiro atoms. The lowest BCUT2D eigenvalue weighted by molar-refractivity contribution is -0.170. The smallest absolute Gasteiger partial charge is 0.248 e. The molecule has 2 N–H and O–H groups in total. The number of ether oxygens (including phenoxy) is 1. The number of methoxy groups -OCH3 is 1. The monoisotopic (exact) mass is 400 g/mol. The van der Waals surface area contributed by atoms with E-state index in [1.165, 1.54) is 12.0 Å². The number of fused-ring (bicyclic) bond motifs is 2. The number of halogens is 1. The van der Waals surface area contributed by atoms with E-state index in [4.69, 9.17) is 10.5 Å². The number of carbonyl (C=O) groups is 1. The largest absolute Gasteiger partial charge is 0.373 e. The molecule has 4 rings (SSSR count). The highest BCUT2D eigenvalue weighted by Gasteiger charge is 2.53. The third-order valence-electron chi connectivity index (χ3n) is 6.46. The zero-order valence-electron chi connectivity index (χ0n) is 16.3. The lowest BCUT2D eigenvalue weighted by Crippen LogP contribution is -2.58. The normalized spacial score (nSPS) is 27.0.